The Labute approximate surface area is 172 Å². The van der Waals surface area contributed by atoms with Crippen molar-refractivity contribution < 1.29 is 14.0 Å². The van der Waals surface area contributed by atoms with Crippen LogP contribution in [-0.4, -0.2) is 33.9 Å². The van der Waals surface area contributed by atoms with Crippen LogP contribution in [0.2, 0.25) is 0 Å². The van der Waals surface area contributed by atoms with Gasteiger partial charge >= 0.3 is 0 Å². The molecule has 29 heavy (non-hydrogen) atoms. The molecule has 3 aromatic rings. The number of rotatable bonds is 7. The molecule has 2 N–H and O–H groups in total. The summed E-state index contributed by atoms with van der Waals surface area (Å²) in [6.07, 6.45) is 2.96. The molecule has 0 saturated heterocycles. The third-order valence-electron chi connectivity index (χ3n) is 4.06. The Hall–Kier alpha value is -3.13. The third-order valence-corrected chi connectivity index (χ3v) is 5.08. The number of hydrogen-bond acceptors (Lipinski definition) is 4. The maximum Gasteiger partial charge on any atom is 0.258 e. The number of halogens is 1. The summed E-state index contributed by atoms with van der Waals surface area (Å²) in [7, 11) is 1.69. The van der Waals surface area contributed by atoms with E-state index in [2.05, 4.69) is 15.7 Å². The van der Waals surface area contributed by atoms with Crippen molar-refractivity contribution in [2.24, 2.45) is 7.05 Å². The summed E-state index contributed by atoms with van der Waals surface area (Å²) in [5, 5.41) is 9.28. The summed E-state index contributed by atoms with van der Waals surface area (Å²) < 4.78 is 15.4. The second kappa shape index (κ2) is 9.38. The van der Waals surface area contributed by atoms with Crippen LogP contribution in [0.25, 0.3) is 0 Å². The number of benzene rings is 2. The molecule has 2 aromatic carbocycles. The predicted octanol–water partition coefficient (Wildman–Crippen LogP) is 3.64. The van der Waals surface area contributed by atoms with Gasteiger partial charge in [0.25, 0.3) is 11.8 Å². The van der Waals surface area contributed by atoms with Crippen LogP contribution in [-0.2, 0) is 7.05 Å². The number of nitrogens with one attached hydrogen (secondary N) is 2. The molecule has 0 bridgehead atoms. The molecule has 0 spiro atoms. The normalized spacial score (nSPS) is 10.6. The second-order valence-electron chi connectivity index (χ2n) is 6.50. The molecule has 150 valence electrons. The number of amides is 2. The molecule has 0 saturated carbocycles. The molecule has 1 aromatic heterocycles. The van der Waals surface area contributed by atoms with Crippen LogP contribution < -0.4 is 10.6 Å². The van der Waals surface area contributed by atoms with E-state index in [0.717, 1.165) is 17.0 Å². The monoisotopic (exact) mass is 412 g/mol. The minimum atomic E-state index is -0.604. The lowest BCUT2D eigenvalue weighted by molar-refractivity contribution is 0.0954. The van der Waals surface area contributed by atoms with Crippen molar-refractivity contribution in [2.45, 2.75) is 11.8 Å². The number of carbonyl (C=O) groups excluding carboxylic acids is 2. The van der Waals surface area contributed by atoms with Crippen LogP contribution in [0.1, 0.15) is 26.3 Å². The number of hydrogen-bond donors (Lipinski definition) is 2. The fourth-order valence-corrected chi connectivity index (χ4v) is 3.37. The largest absolute Gasteiger partial charge is 0.351 e. The Bertz CT molecular complexity index is 1020. The first-order valence-corrected chi connectivity index (χ1v) is 9.97. The lowest BCUT2D eigenvalue weighted by Gasteiger charge is -2.09. The lowest BCUT2D eigenvalue weighted by Crippen LogP contribution is -2.26. The molecule has 8 heteroatoms. The average Bonchev–Trinajstić information content (AvgIpc) is 3.12. The number of nitrogens with zero attached hydrogens (tertiary/aromatic N) is 2. The molecule has 0 fully saturated rings. The van der Waals surface area contributed by atoms with Gasteiger partial charge in [0.15, 0.2) is 0 Å². The Morgan fingerprint density at radius 2 is 1.86 bits per heavy atom. The highest BCUT2D eigenvalue weighted by Crippen LogP contribution is 2.18. The fourth-order valence-electron chi connectivity index (χ4n) is 2.60. The smallest absolute Gasteiger partial charge is 0.258 e. The van der Waals surface area contributed by atoms with Crippen LogP contribution in [0.15, 0.2) is 59.8 Å². The van der Waals surface area contributed by atoms with Gasteiger partial charge in [0.2, 0.25) is 0 Å². The number of anilines is 1. The number of thioether (sulfide) groups is 1. The van der Waals surface area contributed by atoms with E-state index in [1.165, 1.54) is 22.5 Å². The van der Waals surface area contributed by atoms with Gasteiger partial charge < -0.3 is 10.6 Å². The summed E-state index contributed by atoms with van der Waals surface area (Å²) in [6.45, 7) is 2.46. The molecule has 0 aliphatic rings. The molecule has 2 amide bonds. The van der Waals surface area contributed by atoms with Gasteiger partial charge in [-0.2, -0.15) is 5.10 Å². The van der Waals surface area contributed by atoms with Gasteiger partial charge in [0.1, 0.15) is 5.82 Å². The molecule has 6 nitrogen and oxygen atoms in total. The summed E-state index contributed by atoms with van der Waals surface area (Å²) in [5.41, 5.74) is 1.89. The summed E-state index contributed by atoms with van der Waals surface area (Å²) >= 11 is 1.63. The van der Waals surface area contributed by atoms with Crippen molar-refractivity contribution in [3.8, 4) is 0 Å². The first-order chi connectivity index (χ1) is 13.9. The topological polar surface area (TPSA) is 76.0 Å². The first-order valence-electron chi connectivity index (χ1n) is 8.99. The zero-order valence-corrected chi connectivity index (χ0v) is 16.9. The average molecular weight is 412 g/mol. The van der Waals surface area contributed by atoms with Crippen LogP contribution in [0.4, 0.5) is 10.1 Å². The molecule has 0 atom stereocenters. The van der Waals surface area contributed by atoms with E-state index in [1.807, 2.05) is 31.2 Å². The van der Waals surface area contributed by atoms with Gasteiger partial charge in [-0.25, -0.2) is 4.39 Å². The molecule has 0 aliphatic heterocycles. The van der Waals surface area contributed by atoms with E-state index >= 15 is 0 Å². The van der Waals surface area contributed by atoms with Crippen molar-refractivity contribution in [1.29, 1.82) is 0 Å². The quantitative estimate of drug-likeness (QED) is 0.459. The maximum atomic E-state index is 13.9. The van der Waals surface area contributed by atoms with Crippen LogP contribution in [0.3, 0.4) is 0 Å². The van der Waals surface area contributed by atoms with Crippen molar-refractivity contribution in [3.05, 3.63) is 77.4 Å². The van der Waals surface area contributed by atoms with Crippen molar-refractivity contribution in [2.75, 3.05) is 17.6 Å². The molecular weight excluding hydrogens is 391 g/mol. The summed E-state index contributed by atoms with van der Waals surface area (Å²) in [6, 6.07) is 11.9. The summed E-state index contributed by atoms with van der Waals surface area (Å²) in [4.78, 5) is 25.7. The Kier molecular flexibility index (Phi) is 6.66. The number of carbonyl (C=O) groups is 2. The van der Waals surface area contributed by atoms with E-state index < -0.39 is 17.6 Å². The zero-order valence-electron chi connectivity index (χ0n) is 16.1. The minimum absolute atomic E-state index is 0.145. The number of aromatic nitrogens is 2. The molecular formula is C21H21FN4O2S. The van der Waals surface area contributed by atoms with Gasteiger partial charge in [0.05, 0.1) is 11.8 Å². The Balaban J connectivity index is 1.56. The van der Waals surface area contributed by atoms with Crippen molar-refractivity contribution in [3.63, 3.8) is 0 Å². The summed E-state index contributed by atoms with van der Waals surface area (Å²) in [5.74, 6) is -0.738. The van der Waals surface area contributed by atoms with Gasteiger partial charge in [-0.1, -0.05) is 17.7 Å². The van der Waals surface area contributed by atoms with E-state index in [1.54, 1.807) is 25.0 Å². The SMILES string of the molecule is Cc1ccc(SCCNC(=O)c2cc(F)cc(NC(=O)c3cnn(C)c3)c2)cc1. The maximum absolute atomic E-state index is 13.9. The lowest BCUT2D eigenvalue weighted by atomic mass is 10.1. The molecule has 0 unspecified atom stereocenters. The van der Waals surface area contributed by atoms with E-state index in [-0.39, 0.29) is 11.3 Å². The van der Waals surface area contributed by atoms with Crippen molar-refractivity contribution >= 4 is 29.3 Å². The second-order valence-corrected chi connectivity index (χ2v) is 7.67. The van der Waals surface area contributed by atoms with Crippen LogP contribution >= 0.6 is 11.8 Å². The third kappa shape index (κ3) is 5.92. The predicted molar refractivity (Wildman–Crippen MR) is 112 cm³/mol. The van der Waals surface area contributed by atoms with Gasteiger partial charge in [-0.3, -0.25) is 14.3 Å². The highest BCUT2D eigenvalue weighted by Gasteiger charge is 2.12. The van der Waals surface area contributed by atoms with E-state index in [0.29, 0.717) is 17.9 Å². The molecule has 3 rings (SSSR count). The first kappa shape index (κ1) is 20.6. The molecule has 1 heterocycles. The van der Waals surface area contributed by atoms with E-state index in [4.69, 9.17) is 0 Å². The fraction of sp³-hybridized carbons (Fsp3) is 0.190. The minimum Gasteiger partial charge on any atom is -0.351 e. The van der Waals surface area contributed by atoms with Gasteiger partial charge in [0, 0.05) is 41.7 Å². The Morgan fingerprint density at radius 3 is 2.55 bits per heavy atom. The number of aryl methyl sites for hydroxylation is 2. The zero-order chi connectivity index (χ0) is 20.8. The molecule has 0 aliphatic carbocycles. The highest BCUT2D eigenvalue weighted by molar-refractivity contribution is 7.99. The highest BCUT2D eigenvalue weighted by atomic mass is 32.2. The van der Waals surface area contributed by atoms with Gasteiger partial charge in [-0.05, 0) is 37.3 Å². The van der Waals surface area contributed by atoms with Gasteiger partial charge in [-0.15, -0.1) is 11.8 Å². The van der Waals surface area contributed by atoms with Crippen molar-refractivity contribution in [1.82, 2.24) is 15.1 Å². The van der Waals surface area contributed by atoms with E-state index in [9.17, 15) is 14.0 Å². The molecule has 0 radical (unpaired) electrons. The van der Waals surface area contributed by atoms with Crippen LogP contribution in [0, 0.1) is 12.7 Å². The Morgan fingerprint density at radius 1 is 1.10 bits per heavy atom. The van der Waals surface area contributed by atoms with Crippen LogP contribution in [0.5, 0.6) is 0 Å². The standard InChI is InChI=1S/C21H21FN4O2S/c1-14-3-5-19(6-4-14)29-8-7-23-20(27)15-9-17(22)11-18(10-15)25-21(28)16-12-24-26(2)13-16/h3-6,9-13H,7-8H2,1-2H3,(H,23,27)(H,25,28).